The molecule has 5 nitrogen and oxygen atoms in total. The lowest BCUT2D eigenvalue weighted by Crippen LogP contribution is -2.07. The normalized spacial score (nSPS) is 10.3. The number of hydrogen-bond acceptors (Lipinski definition) is 5. The summed E-state index contributed by atoms with van der Waals surface area (Å²) in [7, 11) is 0. The van der Waals surface area contributed by atoms with E-state index >= 15 is 0 Å². The topological polar surface area (TPSA) is 57.0 Å². The number of rotatable bonds is 4. The minimum atomic E-state index is -0.441. The molecule has 2 rings (SSSR count). The molecule has 94 valence electrons. The molecule has 0 saturated carbocycles. The Hall–Kier alpha value is -1.82. The third kappa shape index (κ3) is 2.38. The highest BCUT2D eigenvalue weighted by molar-refractivity contribution is 7.98. The van der Waals surface area contributed by atoms with Crippen molar-refractivity contribution in [3.63, 3.8) is 0 Å². The maximum Gasteiger partial charge on any atom is 0.361 e. The van der Waals surface area contributed by atoms with Crippen molar-refractivity contribution in [1.29, 1.82) is 0 Å². The zero-order valence-electron chi connectivity index (χ0n) is 10.2. The molecule has 0 aliphatic carbocycles. The van der Waals surface area contributed by atoms with Gasteiger partial charge in [0, 0.05) is 0 Å². The molecular formula is C12H13N3O2S. The number of carbonyl (C=O) groups is 1. The van der Waals surface area contributed by atoms with E-state index in [9.17, 15) is 4.79 Å². The Bertz CT molecular complexity index is 540. The molecule has 0 atom stereocenters. The molecule has 0 spiro atoms. The molecule has 0 amide bonds. The van der Waals surface area contributed by atoms with Crippen molar-refractivity contribution in [2.45, 2.75) is 11.9 Å². The van der Waals surface area contributed by atoms with Gasteiger partial charge in [0.2, 0.25) is 5.69 Å². The molecular weight excluding hydrogens is 250 g/mol. The van der Waals surface area contributed by atoms with Crippen molar-refractivity contribution in [1.82, 2.24) is 15.0 Å². The predicted octanol–water partition coefficient (Wildman–Crippen LogP) is 2.17. The van der Waals surface area contributed by atoms with E-state index in [4.69, 9.17) is 4.74 Å². The molecule has 0 aliphatic heterocycles. The predicted molar refractivity (Wildman–Crippen MR) is 69.1 cm³/mol. The zero-order chi connectivity index (χ0) is 13.0. The van der Waals surface area contributed by atoms with Crippen LogP contribution in [-0.4, -0.2) is 33.8 Å². The molecule has 0 aliphatic rings. The Morgan fingerprint density at radius 2 is 2.11 bits per heavy atom. The van der Waals surface area contributed by atoms with Gasteiger partial charge in [-0.05, 0) is 25.3 Å². The van der Waals surface area contributed by atoms with Crippen LogP contribution in [0.15, 0.2) is 35.4 Å². The van der Waals surface area contributed by atoms with Gasteiger partial charge in [0.1, 0.15) is 5.03 Å². The average Bonchev–Trinajstić information content (AvgIpc) is 2.83. The molecule has 0 saturated heterocycles. The van der Waals surface area contributed by atoms with Crippen molar-refractivity contribution in [2.75, 3.05) is 12.9 Å². The summed E-state index contributed by atoms with van der Waals surface area (Å²) in [4.78, 5) is 11.7. The summed E-state index contributed by atoms with van der Waals surface area (Å²) in [5, 5.41) is 8.59. The van der Waals surface area contributed by atoms with Crippen molar-refractivity contribution in [2.24, 2.45) is 0 Å². The zero-order valence-corrected chi connectivity index (χ0v) is 11.0. The highest BCUT2D eigenvalue weighted by atomic mass is 32.2. The second kappa shape index (κ2) is 5.68. The standard InChI is InChI=1S/C12H13N3O2S/c1-3-17-12(16)10-11(18-2)15(14-13-10)9-7-5-4-6-8-9/h4-8H,3H2,1-2H3. The van der Waals surface area contributed by atoms with Crippen LogP contribution in [0.25, 0.3) is 5.69 Å². The fraction of sp³-hybridized carbons (Fsp3) is 0.250. The Balaban J connectivity index is 2.42. The molecule has 1 aromatic heterocycles. The Labute approximate surface area is 109 Å². The second-order valence-electron chi connectivity index (χ2n) is 3.42. The lowest BCUT2D eigenvalue weighted by molar-refractivity contribution is 0.0515. The minimum absolute atomic E-state index is 0.258. The van der Waals surface area contributed by atoms with E-state index < -0.39 is 5.97 Å². The Morgan fingerprint density at radius 1 is 1.39 bits per heavy atom. The summed E-state index contributed by atoms with van der Waals surface area (Å²) in [5.41, 5.74) is 1.12. The van der Waals surface area contributed by atoms with Gasteiger partial charge in [0.05, 0.1) is 12.3 Å². The number of esters is 1. The van der Waals surface area contributed by atoms with Gasteiger partial charge in [-0.25, -0.2) is 9.48 Å². The number of hydrogen-bond donors (Lipinski definition) is 0. The number of aromatic nitrogens is 3. The van der Waals surface area contributed by atoms with E-state index in [-0.39, 0.29) is 5.69 Å². The number of carbonyl (C=O) groups excluding carboxylic acids is 1. The second-order valence-corrected chi connectivity index (χ2v) is 4.21. The smallest absolute Gasteiger partial charge is 0.361 e. The monoisotopic (exact) mass is 263 g/mol. The van der Waals surface area contributed by atoms with E-state index in [0.29, 0.717) is 11.6 Å². The first-order valence-electron chi connectivity index (χ1n) is 5.50. The summed E-state index contributed by atoms with van der Waals surface area (Å²) in [5.74, 6) is -0.441. The number of benzene rings is 1. The first kappa shape index (κ1) is 12.6. The van der Waals surface area contributed by atoms with Gasteiger partial charge in [-0.3, -0.25) is 0 Å². The third-order valence-electron chi connectivity index (χ3n) is 2.29. The molecule has 0 radical (unpaired) electrons. The van der Waals surface area contributed by atoms with Gasteiger partial charge in [-0.15, -0.1) is 16.9 Å². The van der Waals surface area contributed by atoms with Crippen molar-refractivity contribution in [3.05, 3.63) is 36.0 Å². The van der Waals surface area contributed by atoms with Crippen LogP contribution in [0.5, 0.6) is 0 Å². The molecule has 0 N–H and O–H groups in total. The van der Waals surface area contributed by atoms with Crippen LogP contribution in [0.3, 0.4) is 0 Å². The fourth-order valence-electron chi connectivity index (χ4n) is 1.52. The first-order chi connectivity index (χ1) is 8.77. The van der Waals surface area contributed by atoms with E-state index in [1.807, 2.05) is 36.6 Å². The summed E-state index contributed by atoms with van der Waals surface area (Å²) in [6, 6.07) is 9.55. The van der Waals surface area contributed by atoms with Crippen molar-refractivity contribution >= 4 is 17.7 Å². The lowest BCUT2D eigenvalue weighted by Gasteiger charge is -2.04. The summed E-state index contributed by atoms with van der Waals surface area (Å²) in [6.45, 7) is 2.09. The maximum absolute atomic E-state index is 11.7. The van der Waals surface area contributed by atoms with Gasteiger partial charge in [-0.1, -0.05) is 23.4 Å². The van der Waals surface area contributed by atoms with Gasteiger partial charge < -0.3 is 4.74 Å². The van der Waals surface area contributed by atoms with Crippen LogP contribution in [0.4, 0.5) is 0 Å². The van der Waals surface area contributed by atoms with Crippen LogP contribution in [0, 0.1) is 0 Å². The van der Waals surface area contributed by atoms with Gasteiger partial charge in [-0.2, -0.15) is 0 Å². The number of ether oxygens (including phenoxy) is 1. The van der Waals surface area contributed by atoms with Crippen LogP contribution < -0.4 is 0 Å². The largest absolute Gasteiger partial charge is 0.461 e. The van der Waals surface area contributed by atoms with Crippen LogP contribution in [0.1, 0.15) is 17.4 Å². The van der Waals surface area contributed by atoms with E-state index in [1.54, 1.807) is 11.6 Å². The molecule has 0 bridgehead atoms. The van der Waals surface area contributed by atoms with Crippen molar-refractivity contribution < 1.29 is 9.53 Å². The summed E-state index contributed by atoms with van der Waals surface area (Å²) < 4.78 is 6.59. The summed E-state index contributed by atoms with van der Waals surface area (Å²) in [6.07, 6.45) is 1.88. The quantitative estimate of drug-likeness (QED) is 0.625. The lowest BCUT2D eigenvalue weighted by atomic mass is 10.3. The first-order valence-corrected chi connectivity index (χ1v) is 6.72. The molecule has 0 unspecified atom stereocenters. The van der Waals surface area contributed by atoms with Crippen molar-refractivity contribution in [3.8, 4) is 5.69 Å². The molecule has 0 fully saturated rings. The highest BCUT2D eigenvalue weighted by Gasteiger charge is 2.20. The molecule has 1 aromatic carbocycles. The Kier molecular flexibility index (Phi) is 3.99. The van der Waals surface area contributed by atoms with Crippen LogP contribution >= 0.6 is 11.8 Å². The number of para-hydroxylation sites is 1. The van der Waals surface area contributed by atoms with E-state index in [2.05, 4.69) is 10.3 Å². The van der Waals surface area contributed by atoms with Gasteiger partial charge in [0.25, 0.3) is 0 Å². The average molecular weight is 263 g/mol. The number of nitrogens with zero attached hydrogens (tertiary/aromatic N) is 3. The minimum Gasteiger partial charge on any atom is -0.461 e. The number of thioether (sulfide) groups is 1. The molecule has 2 aromatic rings. The van der Waals surface area contributed by atoms with Gasteiger partial charge in [0.15, 0.2) is 0 Å². The van der Waals surface area contributed by atoms with E-state index in [1.165, 1.54) is 11.8 Å². The molecule has 1 heterocycles. The SMILES string of the molecule is CCOC(=O)c1nnn(-c2ccccc2)c1SC. The maximum atomic E-state index is 11.7. The molecule has 18 heavy (non-hydrogen) atoms. The van der Waals surface area contributed by atoms with Crippen LogP contribution in [-0.2, 0) is 4.74 Å². The van der Waals surface area contributed by atoms with E-state index in [0.717, 1.165) is 5.69 Å². The molecule has 6 heteroatoms. The Morgan fingerprint density at radius 3 is 2.72 bits per heavy atom. The summed E-state index contributed by atoms with van der Waals surface area (Å²) >= 11 is 1.41. The van der Waals surface area contributed by atoms with Gasteiger partial charge >= 0.3 is 5.97 Å². The highest BCUT2D eigenvalue weighted by Crippen LogP contribution is 2.22. The third-order valence-corrected chi connectivity index (χ3v) is 3.04. The fourth-order valence-corrected chi connectivity index (χ4v) is 2.15. The van der Waals surface area contributed by atoms with Crippen LogP contribution in [0.2, 0.25) is 0 Å².